The third-order valence-electron chi connectivity index (χ3n) is 4.78. The Kier molecular flexibility index (Phi) is 5.78. The highest BCUT2D eigenvalue weighted by Crippen LogP contribution is 2.46. The Balaban J connectivity index is 2.03. The number of hydrogen-bond donors (Lipinski definition) is 1. The third kappa shape index (κ3) is 5.27. The number of rotatable bonds is 2. The van der Waals surface area contributed by atoms with Gasteiger partial charge in [0.2, 0.25) is 0 Å². The zero-order valence-corrected chi connectivity index (χ0v) is 18.0. The molecule has 1 N–H and O–H groups in total. The minimum Gasteiger partial charge on any atom is -0.444 e. The Labute approximate surface area is 157 Å². The van der Waals surface area contributed by atoms with E-state index in [0.29, 0.717) is 13.1 Å². The average Bonchev–Trinajstić information content (AvgIpc) is 2.66. The van der Waals surface area contributed by atoms with Gasteiger partial charge in [0.15, 0.2) is 0 Å². The maximum Gasteiger partial charge on any atom is 0.410 e. The quantitative estimate of drug-likeness (QED) is 0.736. The number of nitrogens with one attached hydrogen (secondary N) is 1. The van der Waals surface area contributed by atoms with Crippen LogP contribution in [0.4, 0.5) is 4.79 Å². The highest BCUT2D eigenvalue weighted by atomic mass is 32.2. The van der Waals surface area contributed by atoms with Crippen molar-refractivity contribution in [3.05, 3.63) is 0 Å². The van der Waals surface area contributed by atoms with Crippen molar-refractivity contribution < 1.29 is 14.3 Å². The predicted octanol–water partition coefficient (Wildman–Crippen LogP) is 4.22. The Bertz CT molecular complexity index is 486. The summed E-state index contributed by atoms with van der Waals surface area (Å²) >= 11 is 1.78. The van der Waals surface area contributed by atoms with Crippen molar-refractivity contribution in [2.24, 2.45) is 5.41 Å². The number of nitrogens with zero attached hydrogens (tertiary/aromatic N) is 1. The number of hydrogen-bond acceptors (Lipinski definition) is 5. The van der Waals surface area contributed by atoms with Crippen molar-refractivity contribution in [1.29, 1.82) is 0 Å². The molecular weight excluding hydrogens is 336 g/mol. The predicted molar refractivity (Wildman–Crippen MR) is 104 cm³/mol. The number of ether oxygens (including phenoxy) is 2. The van der Waals surface area contributed by atoms with Gasteiger partial charge >= 0.3 is 6.09 Å². The first-order chi connectivity index (χ1) is 11.2. The molecule has 1 spiro atoms. The van der Waals surface area contributed by atoms with Crippen LogP contribution in [0.2, 0.25) is 0 Å². The van der Waals surface area contributed by atoms with Gasteiger partial charge in [-0.15, -0.1) is 0 Å². The minimum atomic E-state index is -0.453. The van der Waals surface area contributed by atoms with Gasteiger partial charge in [-0.05, 0) is 54.4 Å². The highest BCUT2D eigenvalue weighted by Gasteiger charge is 2.55. The normalized spacial score (nSPS) is 26.1. The molecule has 6 heteroatoms. The van der Waals surface area contributed by atoms with Crippen LogP contribution in [0.5, 0.6) is 0 Å². The Morgan fingerprint density at radius 3 is 2.20 bits per heavy atom. The fourth-order valence-corrected chi connectivity index (χ4v) is 4.54. The largest absolute Gasteiger partial charge is 0.444 e. The van der Waals surface area contributed by atoms with E-state index in [9.17, 15) is 4.79 Å². The fraction of sp³-hybridized carbons (Fsp3) is 0.947. The second-order valence-corrected chi connectivity index (χ2v) is 11.7. The van der Waals surface area contributed by atoms with Crippen molar-refractivity contribution in [1.82, 2.24) is 9.62 Å². The van der Waals surface area contributed by atoms with E-state index in [4.69, 9.17) is 9.47 Å². The Morgan fingerprint density at radius 2 is 1.72 bits per heavy atom. The second kappa shape index (κ2) is 6.93. The summed E-state index contributed by atoms with van der Waals surface area (Å²) in [6, 6.07) is 0.269. The Hall–Kier alpha value is -0.460. The van der Waals surface area contributed by atoms with Crippen molar-refractivity contribution in [2.75, 3.05) is 19.7 Å². The zero-order valence-electron chi connectivity index (χ0n) is 17.2. The summed E-state index contributed by atoms with van der Waals surface area (Å²) in [7, 11) is 0. The topological polar surface area (TPSA) is 50.8 Å². The van der Waals surface area contributed by atoms with Gasteiger partial charge in [-0.2, -0.15) is 0 Å². The van der Waals surface area contributed by atoms with Gasteiger partial charge in [0, 0.05) is 23.3 Å². The molecule has 0 radical (unpaired) electrons. The van der Waals surface area contributed by atoms with Crippen LogP contribution in [0, 0.1) is 5.41 Å². The molecule has 2 heterocycles. The van der Waals surface area contributed by atoms with Crippen molar-refractivity contribution in [2.45, 2.75) is 90.2 Å². The molecule has 2 aliphatic heterocycles. The molecule has 5 nitrogen and oxygen atoms in total. The number of piperidine rings is 1. The van der Waals surface area contributed by atoms with Crippen LogP contribution in [0.25, 0.3) is 0 Å². The van der Waals surface area contributed by atoms with Gasteiger partial charge in [0.1, 0.15) is 5.60 Å². The molecule has 0 saturated carbocycles. The van der Waals surface area contributed by atoms with Crippen LogP contribution in [-0.4, -0.2) is 52.7 Å². The monoisotopic (exact) mass is 372 g/mol. The van der Waals surface area contributed by atoms with E-state index >= 15 is 0 Å². The molecule has 25 heavy (non-hydrogen) atoms. The lowest BCUT2D eigenvalue weighted by molar-refractivity contribution is -0.0566. The van der Waals surface area contributed by atoms with Gasteiger partial charge < -0.3 is 14.4 Å². The van der Waals surface area contributed by atoms with Crippen LogP contribution < -0.4 is 4.72 Å². The van der Waals surface area contributed by atoms with E-state index in [0.717, 1.165) is 19.4 Å². The van der Waals surface area contributed by atoms with Gasteiger partial charge in [0.25, 0.3) is 0 Å². The average molecular weight is 373 g/mol. The molecule has 146 valence electrons. The summed E-state index contributed by atoms with van der Waals surface area (Å²) in [6.07, 6.45) is 1.48. The maximum atomic E-state index is 12.3. The van der Waals surface area contributed by atoms with Crippen molar-refractivity contribution >= 4 is 18.0 Å². The van der Waals surface area contributed by atoms with E-state index in [1.807, 2.05) is 25.7 Å². The summed E-state index contributed by atoms with van der Waals surface area (Å²) in [5.74, 6) is 0. The molecule has 2 rings (SSSR count). The number of amides is 1. The number of carbonyl (C=O) groups excluding carboxylic acids is 1. The summed E-state index contributed by atoms with van der Waals surface area (Å²) in [4.78, 5) is 14.1. The first kappa shape index (κ1) is 20.8. The highest BCUT2D eigenvalue weighted by molar-refractivity contribution is 7.98. The summed E-state index contributed by atoms with van der Waals surface area (Å²) in [5.41, 5.74) is -0.571. The van der Waals surface area contributed by atoms with E-state index in [-0.39, 0.29) is 27.9 Å². The third-order valence-corrected chi connectivity index (χ3v) is 5.75. The van der Waals surface area contributed by atoms with Crippen molar-refractivity contribution in [3.63, 3.8) is 0 Å². The summed E-state index contributed by atoms with van der Waals surface area (Å²) < 4.78 is 15.7. The maximum absolute atomic E-state index is 12.3. The molecule has 2 saturated heterocycles. The minimum absolute atomic E-state index is 0.0757. The number of likely N-dealkylation sites (tertiary alicyclic amines) is 1. The van der Waals surface area contributed by atoms with E-state index in [1.165, 1.54) is 0 Å². The molecule has 1 amide bonds. The fourth-order valence-electron chi connectivity index (χ4n) is 3.54. The smallest absolute Gasteiger partial charge is 0.410 e. The van der Waals surface area contributed by atoms with Gasteiger partial charge in [-0.3, -0.25) is 4.72 Å². The lowest BCUT2D eigenvalue weighted by Crippen LogP contribution is -2.57. The zero-order chi connectivity index (χ0) is 19.1. The lowest BCUT2D eigenvalue weighted by Gasteiger charge is -2.44. The molecule has 0 aromatic carbocycles. The molecule has 1 unspecified atom stereocenters. The molecule has 1 atom stereocenters. The number of carbonyl (C=O) groups is 1. The van der Waals surface area contributed by atoms with E-state index in [2.05, 4.69) is 39.3 Å². The second-order valence-electron chi connectivity index (χ2n) is 10.1. The van der Waals surface area contributed by atoms with E-state index in [1.54, 1.807) is 11.9 Å². The Morgan fingerprint density at radius 1 is 1.16 bits per heavy atom. The van der Waals surface area contributed by atoms with Crippen molar-refractivity contribution in [3.8, 4) is 0 Å². The van der Waals surface area contributed by atoms with Gasteiger partial charge in [0.05, 0.1) is 18.2 Å². The van der Waals surface area contributed by atoms with Crippen LogP contribution in [0.1, 0.15) is 68.2 Å². The van der Waals surface area contributed by atoms with Gasteiger partial charge in [-0.25, -0.2) is 4.79 Å². The summed E-state index contributed by atoms with van der Waals surface area (Å²) in [6.45, 7) is 19.0. The van der Waals surface area contributed by atoms with Crippen LogP contribution in [-0.2, 0) is 9.47 Å². The molecule has 2 fully saturated rings. The summed E-state index contributed by atoms with van der Waals surface area (Å²) in [5, 5.41) is 0. The SMILES string of the molecule is CC(C)(C)OC(=O)N1CCC2(CC1)OCC(C)(C)C2NSC(C)(C)C. The molecule has 0 bridgehead atoms. The van der Waals surface area contributed by atoms with Crippen LogP contribution in [0.15, 0.2) is 0 Å². The lowest BCUT2D eigenvalue weighted by atomic mass is 9.75. The van der Waals surface area contributed by atoms with E-state index < -0.39 is 5.60 Å². The molecule has 0 aromatic rings. The molecule has 0 aromatic heterocycles. The molecule has 0 aliphatic carbocycles. The van der Waals surface area contributed by atoms with Crippen LogP contribution >= 0.6 is 11.9 Å². The standard InChI is InChI=1S/C19H36N2O3S/c1-16(2,3)24-15(22)21-11-9-19(10-12-21)14(18(7,8)13-23-19)20-25-17(4,5)6/h14,20H,9-13H2,1-8H3. The van der Waals surface area contributed by atoms with Gasteiger partial charge in [-0.1, -0.05) is 25.8 Å². The first-order valence-corrected chi connectivity index (χ1v) is 10.1. The molecular formula is C19H36N2O3S. The first-order valence-electron chi connectivity index (χ1n) is 9.30. The van der Waals surface area contributed by atoms with Crippen LogP contribution in [0.3, 0.4) is 0 Å². The molecule has 2 aliphatic rings.